The van der Waals surface area contributed by atoms with Crippen molar-refractivity contribution in [2.24, 2.45) is 0 Å². The van der Waals surface area contributed by atoms with E-state index < -0.39 is 8.56 Å². The first kappa shape index (κ1) is 17.0. The summed E-state index contributed by atoms with van der Waals surface area (Å²) in [5.74, 6) is 0. The number of hydrogen-bond donors (Lipinski definition) is 0. The predicted octanol–water partition coefficient (Wildman–Crippen LogP) is 5.36. The molecule has 0 aromatic carbocycles. The van der Waals surface area contributed by atoms with Crippen molar-refractivity contribution in [2.75, 3.05) is 13.2 Å². The van der Waals surface area contributed by atoms with Crippen LogP contribution in [0.1, 0.15) is 78.1 Å². The predicted molar refractivity (Wildman–Crippen MR) is 91.3 cm³/mol. The minimum atomic E-state index is -2.34. The molecule has 0 N–H and O–H groups in total. The summed E-state index contributed by atoms with van der Waals surface area (Å²) < 4.78 is 12.9. The smallest absolute Gasteiger partial charge is 0.388 e. The molecule has 21 heavy (non-hydrogen) atoms. The Labute approximate surface area is 131 Å². The molecule has 0 radical (unpaired) electrons. The van der Waals surface area contributed by atoms with Crippen LogP contribution in [0.3, 0.4) is 0 Å². The largest absolute Gasteiger partial charge is 0.398 e. The van der Waals surface area contributed by atoms with Gasteiger partial charge in [-0.1, -0.05) is 25.0 Å². The molecule has 0 saturated heterocycles. The van der Waals surface area contributed by atoms with Crippen molar-refractivity contribution in [3.63, 3.8) is 0 Å². The van der Waals surface area contributed by atoms with E-state index in [2.05, 4.69) is 26.0 Å². The van der Waals surface area contributed by atoms with Gasteiger partial charge in [-0.3, -0.25) is 0 Å². The van der Waals surface area contributed by atoms with E-state index in [9.17, 15) is 0 Å². The lowest BCUT2D eigenvalue weighted by Gasteiger charge is -2.34. The highest BCUT2D eigenvalue weighted by Gasteiger charge is 2.45. The van der Waals surface area contributed by atoms with Crippen molar-refractivity contribution in [3.05, 3.63) is 22.5 Å². The van der Waals surface area contributed by atoms with Gasteiger partial charge in [-0.15, -0.1) is 0 Å². The van der Waals surface area contributed by atoms with E-state index in [1.165, 1.54) is 74.6 Å². The fourth-order valence-corrected chi connectivity index (χ4v) is 7.54. The van der Waals surface area contributed by atoms with Crippen LogP contribution in [0.5, 0.6) is 0 Å². The van der Waals surface area contributed by atoms with Crippen LogP contribution in [-0.2, 0) is 8.85 Å². The Morgan fingerprint density at radius 3 is 1.67 bits per heavy atom. The number of allylic oxidation sites excluding steroid dienone is 4. The summed E-state index contributed by atoms with van der Waals surface area (Å²) in [5.41, 5.74) is 0. The molecule has 2 aliphatic carbocycles. The molecule has 0 unspecified atom stereocenters. The first-order valence-electron chi connectivity index (χ1n) is 9.00. The highest BCUT2D eigenvalue weighted by Crippen LogP contribution is 2.36. The van der Waals surface area contributed by atoms with E-state index in [1.807, 2.05) is 0 Å². The van der Waals surface area contributed by atoms with Gasteiger partial charge in [0.1, 0.15) is 0 Å². The van der Waals surface area contributed by atoms with Crippen LogP contribution < -0.4 is 0 Å². The van der Waals surface area contributed by atoms with Crippen molar-refractivity contribution in [2.45, 2.75) is 78.1 Å². The minimum Gasteiger partial charge on any atom is -0.388 e. The Kier molecular flexibility index (Phi) is 7.21. The van der Waals surface area contributed by atoms with Gasteiger partial charge >= 0.3 is 8.56 Å². The summed E-state index contributed by atoms with van der Waals surface area (Å²) in [4.78, 5) is 0. The van der Waals surface area contributed by atoms with Gasteiger partial charge in [-0.2, -0.15) is 0 Å². The van der Waals surface area contributed by atoms with Crippen LogP contribution in [0.25, 0.3) is 0 Å². The fourth-order valence-electron chi connectivity index (χ4n) is 3.65. The summed E-state index contributed by atoms with van der Waals surface area (Å²) in [6.07, 6.45) is 17.7. The topological polar surface area (TPSA) is 18.5 Å². The quantitative estimate of drug-likeness (QED) is 0.615. The molecule has 0 atom stereocenters. The van der Waals surface area contributed by atoms with E-state index >= 15 is 0 Å². The van der Waals surface area contributed by atoms with Gasteiger partial charge in [-0.05, 0) is 75.6 Å². The SMILES string of the molecule is CCO[Si](OCC)(C1=CCCCCC1)C1=CCCCCC1. The van der Waals surface area contributed by atoms with E-state index in [-0.39, 0.29) is 0 Å². The van der Waals surface area contributed by atoms with Gasteiger partial charge in [0, 0.05) is 13.2 Å². The summed E-state index contributed by atoms with van der Waals surface area (Å²) in [7, 11) is -2.34. The zero-order chi connectivity index (χ0) is 15.0. The zero-order valence-electron chi connectivity index (χ0n) is 14.0. The minimum absolute atomic E-state index is 0.765. The van der Waals surface area contributed by atoms with Crippen molar-refractivity contribution >= 4 is 8.56 Å². The molecular weight excluding hydrogens is 276 g/mol. The van der Waals surface area contributed by atoms with Crippen molar-refractivity contribution in [1.29, 1.82) is 0 Å². The lowest BCUT2D eigenvalue weighted by Crippen LogP contribution is -2.47. The second-order valence-electron chi connectivity index (χ2n) is 6.14. The van der Waals surface area contributed by atoms with E-state index in [1.54, 1.807) is 0 Å². The molecule has 2 aliphatic rings. The first-order valence-corrected chi connectivity index (χ1v) is 10.8. The number of hydrogen-bond acceptors (Lipinski definition) is 2. The van der Waals surface area contributed by atoms with Crippen LogP contribution >= 0.6 is 0 Å². The Hall–Kier alpha value is -0.383. The molecule has 0 spiro atoms. The molecule has 0 fully saturated rings. The number of rotatable bonds is 6. The standard InChI is InChI=1S/C18H32O2Si/c1-3-19-21(20-4-2,17-13-9-5-6-10-14-17)18-15-11-7-8-12-16-18/h13,15H,3-12,14,16H2,1-2H3. The van der Waals surface area contributed by atoms with Gasteiger partial charge in [0.2, 0.25) is 0 Å². The average molecular weight is 309 g/mol. The van der Waals surface area contributed by atoms with Crippen LogP contribution in [-0.4, -0.2) is 21.8 Å². The van der Waals surface area contributed by atoms with Crippen LogP contribution in [0.4, 0.5) is 0 Å². The third-order valence-electron chi connectivity index (χ3n) is 4.62. The monoisotopic (exact) mass is 308 g/mol. The molecular formula is C18H32O2Si. The van der Waals surface area contributed by atoms with Gasteiger partial charge in [0.25, 0.3) is 0 Å². The van der Waals surface area contributed by atoms with Crippen LogP contribution in [0.2, 0.25) is 0 Å². The molecule has 0 saturated carbocycles. The maximum Gasteiger partial charge on any atom is 0.398 e. The van der Waals surface area contributed by atoms with Gasteiger partial charge < -0.3 is 8.85 Å². The molecule has 0 aromatic heterocycles. The Bertz CT molecular complexity index is 337. The molecule has 0 aliphatic heterocycles. The van der Waals surface area contributed by atoms with Crippen LogP contribution in [0.15, 0.2) is 22.5 Å². The summed E-state index contributed by atoms with van der Waals surface area (Å²) in [6, 6.07) is 0. The fraction of sp³-hybridized carbons (Fsp3) is 0.778. The highest BCUT2D eigenvalue weighted by molar-refractivity contribution is 6.81. The van der Waals surface area contributed by atoms with Gasteiger partial charge in [-0.25, -0.2) is 0 Å². The molecule has 0 amide bonds. The van der Waals surface area contributed by atoms with Crippen molar-refractivity contribution in [1.82, 2.24) is 0 Å². The first-order chi connectivity index (χ1) is 10.3. The Morgan fingerprint density at radius 2 is 1.24 bits per heavy atom. The van der Waals surface area contributed by atoms with Crippen LogP contribution in [0, 0.1) is 0 Å². The molecule has 2 nitrogen and oxygen atoms in total. The third kappa shape index (κ3) is 4.30. The second-order valence-corrected chi connectivity index (χ2v) is 9.23. The summed E-state index contributed by atoms with van der Waals surface area (Å²) in [6.45, 7) is 5.77. The lowest BCUT2D eigenvalue weighted by molar-refractivity contribution is 0.197. The molecule has 0 bridgehead atoms. The normalized spacial score (nSPS) is 21.2. The second kappa shape index (κ2) is 8.91. The molecule has 120 valence electrons. The molecule has 0 heterocycles. The molecule has 3 heteroatoms. The average Bonchev–Trinajstić information content (AvgIpc) is 2.92. The maximum absolute atomic E-state index is 6.44. The van der Waals surface area contributed by atoms with E-state index in [0.29, 0.717) is 0 Å². The van der Waals surface area contributed by atoms with Crippen molar-refractivity contribution in [3.8, 4) is 0 Å². The van der Waals surface area contributed by atoms with Gasteiger partial charge in [0.05, 0.1) is 0 Å². The summed E-state index contributed by atoms with van der Waals surface area (Å²) in [5, 5.41) is 3.05. The summed E-state index contributed by atoms with van der Waals surface area (Å²) >= 11 is 0. The molecule has 2 rings (SSSR count). The van der Waals surface area contributed by atoms with Crippen molar-refractivity contribution < 1.29 is 8.85 Å². The zero-order valence-corrected chi connectivity index (χ0v) is 15.0. The Morgan fingerprint density at radius 1 is 0.762 bits per heavy atom. The van der Waals surface area contributed by atoms with E-state index in [4.69, 9.17) is 8.85 Å². The lowest BCUT2D eigenvalue weighted by atomic mass is 10.2. The highest BCUT2D eigenvalue weighted by atomic mass is 28.4. The van der Waals surface area contributed by atoms with E-state index in [0.717, 1.165) is 13.2 Å². The molecule has 0 aromatic rings. The third-order valence-corrected chi connectivity index (χ3v) is 8.61. The van der Waals surface area contributed by atoms with Gasteiger partial charge in [0.15, 0.2) is 0 Å². The Balaban J connectivity index is 2.34. The maximum atomic E-state index is 6.44.